The van der Waals surface area contributed by atoms with Crippen LogP contribution in [0.2, 0.25) is 0 Å². The lowest BCUT2D eigenvalue weighted by atomic mass is 9.96. The van der Waals surface area contributed by atoms with Crippen molar-refractivity contribution in [2.45, 2.75) is 46.1 Å². The van der Waals surface area contributed by atoms with E-state index in [4.69, 9.17) is 14.2 Å². The number of ether oxygens (including phenoxy) is 3. The Balaban J connectivity index is 2.89. The molecule has 0 aromatic heterocycles. The fraction of sp³-hybridized carbons (Fsp3) is 0.667. The summed E-state index contributed by atoms with van der Waals surface area (Å²) in [6, 6.07) is 0. The van der Waals surface area contributed by atoms with E-state index in [9.17, 15) is 4.79 Å². The fourth-order valence-corrected chi connectivity index (χ4v) is 1.86. The van der Waals surface area contributed by atoms with Gasteiger partial charge in [-0.05, 0) is 39.3 Å². The van der Waals surface area contributed by atoms with Gasteiger partial charge >= 0.3 is 0 Å². The molecule has 0 saturated carbocycles. The molecule has 1 aliphatic rings. The number of carbonyl (C=O) groups is 1. The summed E-state index contributed by atoms with van der Waals surface area (Å²) in [4.78, 5) is 12.1. The number of hydrogen-bond acceptors (Lipinski definition) is 4. The Morgan fingerprint density at radius 3 is 2.00 bits per heavy atom. The van der Waals surface area contributed by atoms with Gasteiger partial charge in [0, 0.05) is 6.61 Å². The Morgan fingerprint density at radius 2 is 1.58 bits per heavy atom. The van der Waals surface area contributed by atoms with Crippen LogP contribution in [0.1, 0.15) is 40.5 Å². The first-order chi connectivity index (χ1) is 9.06. The van der Waals surface area contributed by atoms with Gasteiger partial charge < -0.3 is 14.2 Å². The third-order valence-electron chi connectivity index (χ3n) is 2.79. The Kier molecular flexibility index (Phi) is 6.09. The zero-order valence-corrected chi connectivity index (χ0v) is 12.3. The lowest BCUT2D eigenvalue weighted by Gasteiger charge is -2.28. The summed E-state index contributed by atoms with van der Waals surface area (Å²) in [5, 5.41) is 0. The normalized spacial score (nSPS) is 17.8. The van der Waals surface area contributed by atoms with Gasteiger partial charge in [0.15, 0.2) is 11.5 Å². The highest BCUT2D eigenvalue weighted by Crippen LogP contribution is 2.27. The van der Waals surface area contributed by atoms with E-state index < -0.39 is 5.60 Å². The summed E-state index contributed by atoms with van der Waals surface area (Å²) in [5.41, 5.74) is -0.641. The lowest BCUT2D eigenvalue weighted by molar-refractivity contribution is -0.119. The van der Waals surface area contributed by atoms with Crippen LogP contribution in [0.4, 0.5) is 0 Å². The Labute approximate surface area is 115 Å². The van der Waals surface area contributed by atoms with E-state index >= 15 is 0 Å². The van der Waals surface area contributed by atoms with Gasteiger partial charge in [0.1, 0.15) is 5.60 Å². The van der Waals surface area contributed by atoms with Gasteiger partial charge in [-0.1, -0.05) is 13.3 Å². The summed E-state index contributed by atoms with van der Waals surface area (Å²) in [7, 11) is 0. The van der Waals surface area contributed by atoms with E-state index in [1.165, 1.54) is 0 Å². The summed E-state index contributed by atoms with van der Waals surface area (Å²) < 4.78 is 16.6. The third kappa shape index (κ3) is 4.39. The second-order valence-electron chi connectivity index (χ2n) is 4.60. The van der Waals surface area contributed by atoms with Crippen LogP contribution in [-0.4, -0.2) is 31.2 Å². The van der Waals surface area contributed by atoms with E-state index in [1.54, 1.807) is 12.2 Å². The maximum atomic E-state index is 12.1. The third-order valence-corrected chi connectivity index (χ3v) is 2.79. The summed E-state index contributed by atoms with van der Waals surface area (Å²) in [6.45, 7) is 9.26. The van der Waals surface area contributed by atoms with Crippen molar-refractivity contribution in [3.63, 3.8) is 0 Å². The van der Waals surface area contributed by atoms with Crippen LogP contribution in [0.25, 0.3) is 0 Å². The maximum absolute atomic E-state index is 12.1. The van der Waals surface area contributed by atoms with Gasteiger partial charge in [-0.15, -0.1) is 0 Å². The molecule has 0 N–H and O–H groups in total. The molecule has 4 nitrogen and oxygen atoms in total. The van der Waals surface area contributed by atoms with Crippen LogP contribution in [0.5, 0.6) is 0 Å². The topological polar surface area (TPSA) is 44.8 Å². The van der Waals surface area contributed by atoms with Gasteiger partial charge in [0.25, 0.3) is 5.78 Å². The molecular weight excluding hydrogens is 244 g/mol. The number of carbonyl (C=O) groups excluding carboxylic acids is 1. The second-order valence-corrected chi connectivity index (χ2v) is 4.60. The Bertz CT molecular complexity index is 342. The highest BCUT2D eigenvalue weighted by atomic mass is 16.5. The van der Waals surface area contributed by atoms with E-state index in [-0.39, 0.29) is 5.78 Å². The molecule has 0 unspecified atom stereocenters. The zero-order valence-electron chi connectivity index (χ0n) is 12.3. The van der Waals surface area contributed by atoms with Gasteiger partial charge in [-0.3, -0.25) is 4.79 Å². The first-order valence-corrected chi connectivity index (χ1v) is 6.96. The molecular formula is C15H24O4. The van der Waals surface area contributed by atoms with Gasteiger partial charge in [-0.25, -0.2) is 0 Å². The van der Waals surface area contributed by atoms with Gasteiger partial charge in [-0.2, -0.15) is 0 Å². The molecule has 0 spiro atoms. The van der Waals surface area contributed by atoms with Crippen LogP contribution < -0.4 is 0 Å². The van der Waals surface area contributed by atoms with Crippen LogP contribution in [-0.2, 0) is 19.0 Å². The Morgan fingerprint density at radius 1 is 1.05 bits per heavy atom. The number of unbranched alkanes of at least 4 members (excludes halogenated alkanes) is 1. The second kappa shape index (κ2) is 7.34. The average Bonchev–Trinajstić information content (AvgIpc) is 2.36. The molecule has 19 heavy (non-hydrogen) atoms. The smallest absolute Gasteiger partial charge is 0.261 e. The summed E-state index contributed by atoms with van der Waals surface area (Å²) in [5.74, 6) is 0.417. The molecule has 1 rings (SSSR count). The number of ketones is 1. The number of hydrogen-bond donors (Lipinski definition) is 0. The van der Waals surface area contributed by atoms with Crippen molar-refractivity contribution in [1.82, 2.24) is 0 Å². The fourth-order valence-electron chi connectivity index (χ4n) is 1.86. The Hall–Kier alpha value is -1.29. The maximum Gasteiger partial charge on any atom is 0.261 e. The molecule has 0 saturated heterocycles. The van der Waals surface area contributed by atoms with Crippen molar-refractivity contribution >= 4 is 5.78 Å². The monoisotopic (exact) mass is 268 g/mol. The van der Waals surface area contributed by atoms with Crippen LogP contribution in [0.3, 0.4) is 0 Å². The molecule has 0 radical (unpaired) electrons. The van der Waals surface area contributed by atoms with Crippen LogP contribution >= 0.6 is 0 Å². The van der Waals surface area contributed by atoms with E-state index in [1.807, 2.05) is 20.8 Å². The summed E-state index contributed by atoms with van der Waals surface area (Å²) >= 11 is 0. The van der Waals surface area contributed by atoms with Crippen molar-refractivity contribution in [1.29, 1.82) is 0 Å². The van der Waals surface area contributed by atoms with Crippen molar-refractivity contribution in [3.8, 4) is 0 Å². The molecule has 1 aliphatic carbocycles. The van der Waals surface area contributed by atoms with Gasteiger partial charge in [0.2, 0.25) is 0 Å². The summed E-state index contributed by atoms with van der Waals surface area (Å²) in [6.07, 6.45) is 5.52. The molecule has 0 heterocycles. The van der Waals surface area contributed by atoms with Crippen molar-refractivity contribution in [2.75, 3.05) is 19.8 Å². The molecule has 0 aliphatic heterocycles. The first kappa shape index (κ1) is 15.8. The highest BCUT2D eigenvalue weighted by Gasteiger charge is 2.33. The largest absolute Gasteiger partial charge is 0.490 e. The predicted molar refractivity (Wildman–Crippen MR) is 73.7 cm³/mol. The molecule has 0 aromatic carbocycles. The molecule has 0 atom stereocenters. The van der Waals surface area contributed by atoms with Crippen LogP contribution in [0, 0.1) is 0 Å². The minimum atomic E-state index is -0.641. The molecule has 108 valence electrons. The SMILES string of the molecule is CCCCOC1(C)C=C(OCC)C(=O)C(OCC)=C1. The van der Waals surface area contributed by atoms with Crippen molar-refractivity contribution < 1.29 is 19.0 Å². The van der Waals surface area contributed by atoms with E-state index in [0.717, 1.165) is 12.8 Å². The minimum absolute atomic E-state index is 0.208. The van der Waals surface area contributed by atoms with E-state index in [2.05, 4.69) is 6.92 Å². The molecule has 0 amide bonds. The number of rotatable bonds is 8. The highest BCUT2D eigenvalue weighted by molar-refractivity contribution is 6.06. The lowest BCUT2D eigenvalue weighted by Crippen LogP contribution is -2.32. The minimum Gasteiger partial charge on any atom is -0.490 e. The first-order valence-electron chi connectivity index (χ1n) is 6.96. The van der Waals surface area contributed by atoms with Crippen molar-refractivity contribution in [3.05, 3.63) is 23.7 Å². The molecule has 0 bridgehead atoms. The van der Waals surface area contributed by atoms with Crippen LogP contribution in [0.15, 0.2) is 23.7 Å². The molecule has 0 fully saturated rings. The average molecular weight is 268 g/mol. The van der Waals surface area contributed by atoms with Gasteiger partial charge in [0.05, 0.1) is 13.2 Å². The zero-order chi connectivity index (χ0) is 14.3. The van der Waals surface area contributed by atoms with Crippen molar-refractivity contribution in [2.24, 2.45) is 0 Å². The molecule has 0 aromatic rings. The van der Waals surface area contributed by atoms with E-state index in [0.29, 0.717) is 31.3 Å². The number of Topliss-reactive ketones (excluding diaryl/α,β-unsaturated/α-hetero) is 1. The predicted octanol–water partition coefficient (Wildman–Crippen LogP) is 2.99. The molecule has 4 heteroatoms. The quantitative estimate of drug-likeness (QED) is 0.635. The standard InChI is InChI=1S/C15H24O4/c1-5-8-9-19-15(4)10-12(17-6-2)14(16)13(11-15)18-7-3/h10-11H,5-9H2,1-4H3.